The quantitative estimate of drug-likeness (QED) is 0.110. The normalized spacial score (nSPS) is 13.8. The van der Waals surface area contributed by atoms with Gasteiger partial charge in [-0.15, -0.1) is 0 Å². The van der Waals surface area contributed by atoms with Gasteiger partial charge in [-0.2, -0.15) is 4.98 Å². The summed E-state index contributed by atoms with van der Waals surface area (Å²) in [4.78, 5) is 43.0. The Kier molecular flexibility index (Phi) is 10.2. The van der Waals surface area contributed by atoms with Gasteiger partial charge in [0.15, 0.2) is 11.8 Å². The third-order valence-electron chi connectivity index (χ3n) is 4.08. The second-order valence-electron chi connectivity index (χ2n) is 7.41. The van der Waals surface area contributed by atoms with E-state index in [-0.39, 0.29) is 36.4 Å². The smallest absolute Gasteiger partial charge is 0.326 e. The molecule has 0 spiro atoms. The maximum absolute atomic E-state index is 12.3. The van der Waals surface area contributed by atoms with E-state index >= 15 is 0 Å². The van der Waals surface area contributed by atoms with Gasteiger partial charge in [0.05, 0.1) is 12.5 Å². The van der Waals surface area contributed by atoms with Crippen molar-refractivity contribution >= 4 is 23.9 Å². The number of aromatic nitrogens is 2. The third-order valence-corrected chi connectivity index (χ3v) is 4.08. The molecule has 3 amide bonds. The number of nitrogens with zero attached hydrogens (tertiary/aromatic N) is 3. The number of carbonyl (C=O) groups is 3. The summed E-state index contributed by atoms with van der Waals surface area (Å²) >= 11 is 0. The van der Waals surface area contributed by atoms with Gasteiger partial charge in [0.25, 0.3) is 0 Å². The largest absolute Gasteiger partial charge is 0.480 e. The second-order valence-corrected chi connectivity index (χ2v) is 7.41. The predicted octanol–water partition coefficient (Wildman–Crippen LogP) is -1.16. The minimum Gasteiger partial charge on any atom is -0.480 e. The molecular weight excluding hydrogens is 410 g/mol. The number of nitrogens with one attached hydrogen (secondary N) is 2. The Labute approximate surface area is 179 Å². The number of aliphatic carboxylic acids is 1. The van der Waals surface area contributed by atoms with Gasteiger partial charge in [-0.1, -0.05) is 19.0 Å². The number of guanidine groups is 1. The Balaban J connectivity index is 2.81. The fraction of sp³-hybridized carbons (Fsp3) is 0.647. The van der Waals surface area contributed by atoms with Gasteiger partial charge in [0.1, 0.15) is 12.1 Å². The molecule has 14 nitrogen and oxygen atoms in total. The van der Waals surface area contributed by atoms with Crippen molar-refractivity contribution in [2.45, 2.75) is 57.7 Å². The van der Waals surface area contributed by atoms with Crippen LogP contribution in [-0.4, -0.2) is 51.7 Å². The van der Waals surface area contributed by atoms with Crippen LogP contribution in [0.2, 0.25) is 0 Å². The van der Waals surface area contributed by atoms with Crippen LogP contribution in [0.4, 0.5) is 4.79 Å². The number of carboxylic acid groups (broad SMARTS) is 1. The molecule has 0 saturated carbocycles. The Hall–Kier alpha value is -3.42. The Bertz CT molecular complexity index is 776. The highest BCUT2D eigenvalue weighted by Crippen LogP contribution is 2.19. The van der Waals surface area contributed by atoms with Crippen LogP contribution in [0.25, 0.3) is 0 Å². The number of rotatable bonds is 13. The first-order valence-corrected chi connectivity index (χ1v) is 9.72. The highest BCUT2D eigenvalue weighted by atomic mass is 16.5. The molecule has 1 aromatic rings. The number of hydrogen-bond acceptors (Lipinski definition) is 8. The zero-order valence-electron chi connectivity index (χ0n) is 17.6. The van der Waals surface area contributed by atoms with E-state index in [1.807, 2.05) is 13.8 Å². The van der Waals surface area contributed by atoms with Crippen LogP contribution < -0.4 is 33.6 Å². The first-order valence-electron chi connectivity index (χ1n) is 9.72. The highest BCUT2D eigenvalue weighted by Gasteiger charge is 2.27. The predicted molar refractivity (Wildman–Crippen MR) is 110 cm³/mol. The van der Waals surface area contributed by atoms with Gasteiger partial charge in [0.2, 0.25) is 11.8 Å². The Morgan fingerprint density at radius 1 is 1.19 bits per heavy atom. The van der Waals surface area contributed by atoms with E-state index in [9.17, 15) is 19.5 Å². The van der Waals surface area contributed by atoms with E-state index in [2.05, 4.69) is 25.8 Å². The van der Waals surface area contributed by atoms with E-state index in [1.165, 1.54) is 0 Å². The van der Waals surface area contributed by atoms with Gasteiger partial charge >= 0.3 is 12.0 Å². The number of carboxylic acids is 1. The molecule has 3 atom stereocenters. The van der Waals surface area contributed by atoms with Crippen molar-refractivity contribution in [3.63, 3.8) is 0 Å². The standard InChI is InChI=1S/C17H31N9O5/c1-8(2)6-11(15(28)29)24-17(30)23-10(7-12(19)27)14-25-13(26-31-14)9(18)4-3-5-22-16(20)21/h8-11H,3-7,18H2,1-2H3,(H2,19,27)(H,28,29)(H4,20,21,22)(H2,23,24,30)/t9-,10-,11-/m0/s1. The molecule has 0 aliphatic heterocycles. The monoisotopic (exact) mass is 441 g/mol. The van der Waals surface area contributed by atoms with E-state index in [1.54, 1.807) is 0 Å². The van der Waals surface area contributed by atoms with Crippen LogP contribution >= 0.6 is 0 Å². The molecule has 14 heteroatoms. The van der Waals surface area contributed by atoms with E-state index in [0.717, 1.165) is 0 Å². The summed E-state index contributed by atoms with van der Waals surface area (Å²) < 4.78 is 5.14. The van der Waals surface area contributed by atoms with Crippen LogP contribution in [0.15, 0.2) is 9.52 Å². The lowest BCUT2D eigenvalue weighted by Gasteiger charge is -2.19. The number of aliphatic imine (C=N–C) groups is 1. The minimum atomic E-state index is -1.18. The summed E-state index contributed by atoms with van der Waals surface area (Å²) in [6, 6.07) is -3.56. The molecule has 31 heavy (non-hydrogen) atoms. The summed E-state index contributed by atoms with van der Waals surface area (Å²) in [5.41, 5.74) is 21.8. The molecule has 0 aliphatic rings. The number of primary amides is 1. The summed E-state index contributed by atoms with van der Waals surface area (Å²) in [6.45, 7) is 4.03. The molecule has 1 aromatic heterocycles. The molecule has 1 heterocycles. The van der Waals surface area contributed by atoms with Crippen molar-refractivity contribution < 1.29 is 24.0 Å². The van der Waals surface area contributed by atoms with Crippen LogP contribution in [0, 0.1) is 5.92 Å². The lowest BCUT2D eigenvalue weighted by atomic mass is 10.0. The molecule has 0 aromatic carbocycles. The average molecular weight is 441 g/mol. The molecule has 0 unspecified atom stereocenters. The van der Waals surface area contributed by atoms with Gasteiger partial charge in [-0.3, -0.25) is 9.79 Å². The number of urea groups is 1. The summed E-state index contributed by atoms with van der Waals surface area (Å²) in [5, 5.41) is 17.8. The van der Waals surface area contributed by atoms with Crippen molar-refractivity contribution in [2.24, 2.45) is 33.8 Å². The summed E-state index contributed by atoms with van der Waals surface area (Å²) in [6.07, 6.45) is 0.916. The maximum Gasteiger partial charge on any atom is 0.326 e. The maximum atomic E-state index is 12.3. The Morgan fingerprint density at radius 3 is 2.42 bits per heavy atom. The number of carbonyl (C=O) groups excluding carboxylic acids is 2. The fourth-order valence-corrected chi connectivity index (χ4v) is 2.64. The van der Waals surface area contributed by atoms with Crippen molar-refractivity contribution in [3.05, 3.63) is 11.7 Å². The molecule has 0 saturated heterocycles. The molecule has 0 bridgehead atoms. The van der Waals surface area contributed by atoms with Gasteiger partial charge in [0, 0.05) is 6.54 Å². The first kappa shape index (κ1) is 25.6. The first-order chi connectivity index (χ1) is 14.5. The number of nitrogens with two attached hydrogens (primary N) is 4. The molecule has 0 aliphatic carbocycles. The van der Waals surface area contributed by atoms with E-state index in [4.69, 9.17) is 27.5 Å². The fourth-order valence-electron chi connectivity index (χ4n) is 2.64. The van der Waals surface area contributed by atoms with Gasteiger partial charge < -0.3 is 43.2 Å². The number of amides is 3. The lowest BCUT2D eigenvalue weighted by molar-refractivity contribution is -0.139. The molecule has 11 N–H and O–H groups in total. The van der Waals surface area contributed by atoms with Crippen LogP contribution in [0.1, 0.15) is 63.3 Å². The van der Waals surface area contributed by atoms with E-state index in [0.29, 0.717) is 19.4 Å². The SMILES string of the molecule is CC(C)C[C@H](NC(=O)N[C@@H](CC(N)=O)c1nc([C@@H](N)CCCN=C(N)N)no1)C(=O)O. The third kappa shape index (κ3) is 9.75. The summed E-state index contributed by atoms with van der Waals surface area (Å²) in [5.74, 6) is -1.81. The highest BCUT2D eigenvalue weighted by molar-refractivity contribution is 5.83. The molecule has 174 valence electrons. The number of hydrogen-bond donors (Lipinski definition) is 7. The lowest BCUT2D eigenvalue weighted by Crippen LogP contribution is -2.48. The van der Waals surface area contributed by atoms with Gasteiger partial charge in [-0.05, 0) is 25.2 Å². The Morgan fingerprint density at radius 2 is 1.87 bits per heavy atom. The zero-order valence-corrected chi connectivity index (χ0v) is 17.6. The van der Waals surface area contributed by atoms with Crippen molar-refractivity contribution in [2.75, 3.05) is 6.54 Å². The van der Waals surface area contributed by atoms with Crippen LogP contribution in [0.3, 0.4) is 0 Å². The average Bonchev–Trinajstić information content (AvgIpc) is 3.13. The molecule has 0 radical (unpaired) electrons. The van der Waals surface area contributed by atoms with E-state index < -0.39 is 36.0 Å². The minimum absolute atomic E-state index is 0.0207. The molecule has 0 fully saturated rings. The summed E-state index contributed by atoms with van der Waals surface area (Å²) in [7, 11) is 0. The van der Waals surface area contributed by atoms with Crippen molar-refractivity contribution in [1.29, 1.82) is 0 Å². The molecular formula is C17H31N9O5. The second kappa shape index (κ2) is 12.3. The van der Waals surface area contributed by atoms with Crippen LogP contribution in [-0.2, 0) is 9.59 Å². The molecule has 1 rings (SSSR count). The van der Waals surface area contributed by atoms with Crippen LogP contribution in [0.5, 0.6) is 0 Å². The topological polar surface area (TPSA) is 251 Å². The van der Waals surface area contributed by atoms with Gasteiger partial charge in [-0.25, -0.2) is 9.59 Å². The van der Waals surface area contributed by atoms with Crippen molar-refractivity contribution in [3.8, 4) is 0 Å². The zero-order chi connectivity index (χ0) is 23.6. The van der Waals surface area contributed by atoms with Crippen molar-refractivity contribution in [1.82, 2.24) is 20.8 Å².